The van der Waals surface area contributed by atoms with Crippen LogP contribution in [0.25, 0.3) is 0 Å². The Morgan fingerprint density at radius 2 is 2.09 bits per heavy atom. The molecule has 1 heterocycles. The maximum atomic E-state index is 12.1. The molecule has 0 aliphatic carbocycles. The summed E-state index contributed by atoms with van der Waals surface area (Å²) in [6.45, 7) is 3.58. The zero-order chi connectivity index (χ0) is 17.0. The minimum Gasteiger partial charge on any atom is -0.352 e. The average molecular weight is 356 g/mol. The van der Waals surface area contributed by atoms with E-state index in [1.54, 1.807) is 12.1 Å². The molecule has 0 fully saturated rings. The fraction of sp³-hybridized carbons (Fsp3) is 0.400. The first-order valence-corrected chi connectivity index (χ1v) is 8.44. The monoisotopic (exact) mass is 355 g/mol. The molecule has 8 heteroatoms. The van der Waals surface area contributed by atoms with Crippen LogP contribution in [0.1, 0.15) is 20.3 Å². The lowest BCUT2D eigenvalue weighted by Gasteiger charge is -2.23. The summed E-state index contributed by atoms with van der Waals surface area (Å²) in [7, 11) is 0. The molecule has 0 saturated heterocycles. The van der Waals surface area contributed by atoms with Crippen molar-refractivity contribution >= 4 is 46.8 Å². The normalized spacial score (nSPS) is 16.5. The van der Waals surface area contributed by atoms with Gasteiger partial charge in [-0.2, -0.15) is 0 Å². The Labute approximate surface area is 143 Å². The van der Waals surface area contributed by atoms with Gasteiger partial charge in [-0.1, -0.05) is 11.6 Å². The van der Waals surface area contributed by atoms with Crippen molar-refractivity contribution in [3.63, 3.8) is 0 Å². The van der Waals surface area contributed by atoms with Crippen LogP contribution in [0.15, 0.2) is 23.1 Å². The third-order valence-corrected chi connectivity index (χ3v) is 4.54. The fourth-order valence-electron chi connectivity index (χ4n) is 2.05. The highest BCUT2D eigenvalue weighted by Gasteiger charge is 2.29. The third kappa shape index (κ3) is 5.14. The lowest BCUT2D eigenvalue weighted by Crippen LogP contribution is -2.41. The highest BCUT2D eigenvalue weighted by molar-refractivity contribution is 8.01. The second-order valence-corrected chi connectivity index (χ2v) is 7.12. The molecule has 1 aliphatic heterocycles. The molecule has 0 bridgehead atoms. The van der Waals surface area contributed by atoms with Gasteiger partial charge in [-0.25, -0.2) is 0 Å². The van der Waals surface area contributed by atoms with E-state index >= 15 is 0 Å². The smallest absolute Gasteiger partial charge is 0.239 e. The second kappa shape index (κ2) is 7.70. The standard InChI is InChI=1S/C15H18ClN3O3S/c1-8(2)18-14(21)7-17-13(20)6-12-15(22)19-10-5-9(16)3-4-11(10)23-12/h3-5,8,12H,6-7H2,1-2H3,(H,17,20)(H,18,21)(H,19,22)/t12-/m0/s1. The van der Waals surface area contributed by atoms with E-state index in [4.69, 9.17) is 11.6 Å². The van der Waals surface area contributed by atoms with Crippen molar-refractivity contribution in [3.8, 4) is 0 Å². The number of carbonyl (C=O) groups is 3. The van der Waals surface area contributed by atoms with E-state index < -0.39 is 5.25 Å². The van der Waals surface area contributed by atoms with E-state index in [-0.39, 0.29) is 36.7 Å². The first kappa shape index (κ1) is 17.6. The minimum atomic E-state index is -0.531. The molecular weight excluding hydrogens is 338 g/mol. The summed E-state index contributed by atoms with van der Waals surface area (Å²) in [5.74, 6) is -0.838. The minimum absolute atomic E-state index is 0.00747. The summed E-state index contributed by atoms with van der Waals surface area (Å²) < 4.78 is 0. The number of benzene rings is 1. The topological polar surface area (TPSA) is 87.3 Å². The highest BCUT2D eigenvalue weighted by atomic mass is 35.5. The largest absolute Gasteiger partial charge is 0.352 e. The number of nitrogens with one attached hydrogen (secondary N) is 3. The molecule has 6 nitrogen and oxygen atoms in total. The number of amides is 3. The Balaban J connectivity index is 1.88. The molecule has 1 atom stereocenters. The van der Waals surface area contributed by atoms with Crippen molar-refractivity contribution in [2.75, 3.05) is 11.9 Å². The van der Waals surface area contributed by atoms with E-state index in [1.165, 1.54) is 11.8 Å². The van der Waals surface area contributed by atoms with Crippen LogP contribution in [0, 0.1) is 0 Å². The van der Waals surface area contributed by atoms with Crippen LogP contribution in [0.3, 0.4) is 0 Å². The van der Waals surface area contributed by atoms with Crippen LogP contribution in [-0.4, -0.2) is 35.6 Å². The third-order valence-electron chi connectivity index (χ3n) is 3.03. The number of hydrogen-bond donors (Lipinski definition) is 3. The molecule has 1 aromatic rings. The summed E-state index contributed by atoms with van der Waals surface area (Å²) in [5, 5.41) is 7.95. The Hall–Kier alpha value is -1.73. The number of anilines is 1. The lowest BCUT2D eigenvalue weighted by atomic mass is 10.2. The summed E-state index contributed by atoms with van der Waals surface area (Å²) in [6, 6.07) is 5.23. The lowest BCUT2D eigenvalue weighted by molar-refractivity contribution is -0.127. The van der Waals surface area contributed by atoms with E-state index in [0.29, 0.717) is 10.7 Å². The van der Waals surface area contributed by atoms with Gasteiger partial charge >= 0.3 is 0 Å². The summed E-state index contributed by atoms with van der Waals surface area (Å²) in [5.41, 5.74) is 0.653. The van der Waals surface area contributed by atoms with Gasteiger partial charge < -0.3 is 16.0 Å². The highest BCUT2D eigenvalue weighted by Crippen LogP contribution is 2.38. The molecular formula is C15H18ClN3O3S. The number of thioether (sulfide) groups is 1. The Kier molecular flexibility index (Phi) is 5.90. The first-order chi connectivity index (χ1) is 10.8. The predicted octanol–water partition coefficient (Wildman–Crippen LogP) is 1.78. The molecule has 1 aromatic carbocycles. The van der Waals surface area contributed by atoms with E-state index in [9.17, 15) is 14.4 Å². The number of carbonyl (C=O) groups excluding carboxylic acids is 3. The quantitative estimate of drug-likeness (QED) is 0.751. The zero-order valence-corrected chi connectivity index (χ0v) is 14.4. The second-order valence-electron chi connectivity index (χ2n) is 5.44. The maximum Gasteiger partial charge on any atom is 0.239 e. The maximum absolute atomic E-state index is 12.1. The average Bonchev–Trinajstić information content (AvgIpc) is 2.45. The van der Waals surface area contributed by atoms with Crippen molar-refractivity contribution in [2.45, 2.75) is 36.5 Å². The summed E-state index contributed by atoms with van der Waals surface area (Å²) >= 11 is 7.20. The van der Waals surface area contributed by atoms with E-state index in [2.05, 4.69) is 16.0 Å². The van der Waals surface area contributed by atoms with Crippen molar-refractivity contribution in [3.05, 3.63) is 23.2 Å². The predicted molar refractivity (Wildman–Crippen MR) is 90.6 cm³/mol. The number of hydrogen-bond acceptors (Lipinski definition) is 4. The van der Waals surface area contributed by atoms with Crippen molar-refractivity contribution < 1.29 is 14.4 Å². The van der Waals surface area contributed by atoms with Gasteiger partial charge in [-0.3, -0.25) is 14.4 Å². The van der Waals surface area contributed by atoms with Gasteiger partial charge in [0, 0.05) is 22.4 Å². The fourth-order valence-corrected chi connectivity index (χ4v) is 3.31. The van der Waals surface area contributed by atoms with Crippen LogP contribution >= 0.6 is 23.4 Å². The first-order valence-electron chi connectivity index (χ1n) is 7.18. The van der Waals surface area contributed by atoms with Gasteiger partial charge in [0.15, 0.2) is 0 Å². The Morgan fingerprint density at radius 1 is 1.35 bits per heavy atom. The van der Waals surface area contributed by atoms with E-state index in [0.717, 1.165) is 4.90 Å². The Bertz CT molecular complexity index is 636. The molecule has 0 aromatic heterocycles. The van der Waals surface area contributed by atoms with Crippen LogP contribution < -0.4 is 16.0 Å². The number of rotatable bonds is 5. The molecule has 0 unspecified atom stereocenters. The summed E-state index contributed by atoms with van der Waals surface area (Å²) in [4.78, 5) is 36.3. The molecule has 23 heavy (non-hydrogen) atoms. The molecule has 124 valence electrons. The van der Waals surface area contributed by atoms with E-state index in [1.807, 2.05) is 19.9 Å². The molecule has 0 radical (unpaired) electrons. The van der Waals surface area contributed by atoms with Crippen LogP contribution in [0.4, 0.5) is 5.69 Å². The van der Waals surface area contributed by atoms with Crippen molar-refractivity contribution in [1.29, 1.82) is 0 Å². The van der Waals surface area contributed by atoms with Gasteiger partial charge in [0.1, 0.15) is 0 Å². The number of fused-ring (bicyclic) bond motifs is 1. The molecule has 3 N–H and O–H groups in total. The van der Waals surface area contributed by atoms with Crippen molar-refractivity contribution in [2.24, 2.45) is 0 Å². The van der Waals surface area contributed by atoms with Gasteiger partial charge in [-0.05, 0) is 32.0 Å². The van der Waals surface area contributed by atoms with Gasteiger partial charge in [0.2, 0.25) is 17.7 Å². The zero-order valence-electron chi connectivity index (χ0n) is 12.8. The molecule has 0 saturated carbocycles. The van der Waals surface area contributed by atoms with Gasteiger partial charge in [0.25, 0.3) is 0 Å². The number of halogens is 1. The molecule has 2 rings (SSSR count). The summed E-state index contributed by atoms with van der Waals surface area (Å²) in [6.07, 6.45) is 0.00747. The SMILES string of the molecule is CC(C)NC(=O)CNC(=O)C[C@@H]1Sc2ccc(Cl)cc2NC1=O. The Morgan fingerprint density at radius 3 is 2.78 bits per heavy atom. The van der Waals surface area contributed by atoms with Crippen LogP contribution in [0.2, 0.25) is 5.02 Å². The molecule has 1 aliphatic rings. The molecule has 3 amide bonds. The van der Waals surface area contributed by atoms with Gasteiger partial charge in [-0.15, -0.1) is 11.8 Å². The van der Waals surface area contributed by atoms with Crippen molar-refractivity contribution in [1.82, 2.24) is 10.6 Å². The van der Waals surface area contributed by atoms with Gasteiger partial charge in [0.05, 0.1) is 17.5 Å². The molecule has 0 spiro atoms. The van der Waals surface area contributed by atoms with Crippen LogP contribution in [0.5, 0.6) is 0 Å². The van der Waals surface area contributed by atoms with Crippen LogP contribution in [-0.2, 0) is 14.4 Å².